The van der Waals surface area contributed by atoms with Gasteiger partial charge in [-0.3, -0.25) is 4.79 Å². The van der Waals surface area contributed by atoms with E-state index in [1.807, 2.05) is 0 Å². The first-order chi connectivity index (χ1) is 14.7. The van der Waals surface area contributed by atoms with Gasteiger partial charge in [0, 0.05) is 27.2 Å². The predicted octanol–water partition coefficient (Wildman–Crippen LogP) is 6.99. The fourth-order valence-corrected chi connectivity index (χ4v) is 3.73. The van der Waals surface area contributed by atoms with E-state index in [2.05, 4.69) is 9.72 Å². The van der Waals surface area contributed by atoms with Gasteiger partial charge in [-0.1, -0.05) is 66.2 Å². The van der Waals surface area contributed by atoms with Crippen molar-refractivity contribution in [3.8, 4) is 16.9 Å². The molecule has 31 heavy (non-hydrogen) atoms. The Morgan fingerprint density at radius 1 is 0.968 bits per heavy atom. The number of halogens is 4. The number of ether oxygens (including phenoxy) is 1. The molecule has 4 rings (SSSR count). The number of benzene rings is 3. The van der Waals surface area contributed by atoms with E-state index in [0.717, 1.165) is 0 Å². The molecule has 0 spiro atoms. The summed E-state index contributed by atoms with van der Waals surface area (Å²) >= 11 is 6.18. The van der Waals surface area contributed by atoms with Gasteiger partial charge in [0.2, 0.25) is 0 Å². The standard InChI is InChI=1S/C24H15ClF3NO2/c1-14-20(23(30)15-7-3-2-4-8-15)21(16-9-5-10-17(25)13-16)18-11-6-12-19(22(18)29-14)31-24(26,27)28/h2-13H,1H3. The lowest BCUT2D eigenvalue weighted by atomic mass is 9.90. The molecule has 0 bridgehead atoms. The highest BCUT2D eigenvalue weighted by Crippen LogP contribution is 2.39. The first kappa shape index (κ1) is 20.9. The Balaban J connectivity index is 2.07. The van der Waals surface area contributed by atoms with Gasteiger partial charge in [-0.05, 0) is 30.7 Å². The molecular weight excluding hydrogens is 427 g/mol. The molecule has 3 nitrogen and oxygen atoms in total. The number of hydrogen-bond donors (Lipinski definition) is 0. The molecule has 3 aromatic carbocycles. The number of ketones is 1. The van der Waals surface area contributed by atoms with Gasteiger partial charge in [-0.2, -0.15) is 0 Å². The number of alkyl halides is 3. The summed E-state index contributed by atoms with van der Waals surface area (Å²) in [5.41, 5.74) is 2.08. The molecule has 1 heterocycles. The highest BCUT2D eigenvalue weighted by atomic mass is 35.5. The van der Waals surface area contributed by atoms with Crippen LogP contribution in [0.1, 0.15) is 21.6 Å². The van der Waals surface area contributed by atoms with Crippen LogP contribution in [0.5, 0.6) is 5.75 Å². The van der Waals surface area contributed by atoms with Crippen LogP contribution in [0.25, 0.3) is 22.0 Å². The van der Waals surface area contributed by atoms with Crippen LogP contribution < -0.4 is 4.74 Å². The Morgan fingerprint density at radius 2 is 1.68 bits per heavy atom. The van der Waals surface area contributed by atoms with Crippen LogP contribution in [0.2, 0.25) is 5.02 Å². The van der Waals surface area contributed by atoms with E-state index in [4.69, 9.17) is 11.6 Å². The minimum absolute atomic E-state index is 0.0110. The Hall–Kier alpha value is -3.38. The third kappa shape index (κ3) is 4.25. The Kier molecular flexibility index (Phi) is 5.41. The monoisotopic (exact) mass is 441 g/mol. The average molecular weight is 442 g/mol. The molecule has 156 valence electrons. The molecule has 0 fully saturated rings. The zero-order valence-electron chi connectivity index (χ0n) is 16.2. The third-order valence-corrected chi connectivity index (χ3v) is 5.00. The van der Waals surface area contributed by atoms with Crippen molar-refractivity contribution in [1.82, 2.24) is 4.98 Å². The molecule has 0 aliphatic rings. The number of aryl methyl sites for hydroxylation is 1. The second-order valence-electron chi connectivity index (χ2n) is 6.85. The number of para-hydroxylation sites is 1. The molecule has 0 N–H and O–H groups in total. The van der Waals surface area contributed by atoms with Crippen molar-refractivity contribution in [2.24, 2.45) is 0 Å². The number of fused-ring (bicyclic) bond motifs is 1. The van der Waals surface area contributed by atoms with Gasteiger partial charge in [0.05, 0.1) is 5.56 Å². The molecule has 7 heteroatoms. The lowest BCUT2D eigenvalue weighted by molar-refractivity contribution is -0.274. The van der Waals surface area contributed by atoms with Crippen LogP contribution in [-0.2, 0) is 0 Å². The molecule has 0 radical (unpaired) electrons. The molecule has 0 aliphatic heterocycles. The summed E-state index contributed by atoms with van der Waals surface area (Å²) in [7, 11) is 0. The number of pyridine rings is 1. The van der Waals surface area contributed by atoms with Crippen molar-refractivity contribution in [1.29, 1.82) is 0 Å². The zero-order valence-corrected chi connectivity index (χ0v) is 17.0. The highest BCUT2D eigenvalue weighted by Gasteiger charge is 2.33. The fourth-order valence-electron chi connectivity index (χ4n) is 3.54. The number of aromatic nitrogens is 1. The number of nitrogens with zero attached hydrogens (tertiary/aromatic N) is 1. The summed E-state index contributed by atoms with van der Waals surface area (Å²) in [6.45, 7) is 1.59. The van der Waals surface area contributed by atoms with Crippen molar-refractivity contribution in [2.45, 2.75) is 13.3 Å². The fraction of sp³-hybridized carbons (Fsp3) is 0.0833. The van der Waals surface area contributed by atoms with E-state index < -0.39 is 12.1 Å². The molecule has 0 atom stereocenters. The van der Waals surface area contributed by atoms with Crippen molar-refractivity contribution in [2.75, 3.05) is 0 Å². The maximum atomic E-state index is 13.4. The molecule has 0 saturated carbocycles. The Bertz CT molecular complexity index is 1290. The van der Waals surface area contributed by atoms with Crippen molar-refractivity contribution in [3.63, 3.8) is 0 Å². The van der Waals surface area contributed by atoms with Crippen LogP contribution in [-0.4, -0.2) is 17.1 Å². The van der Waals surface area contributed by atoms with Crippen LogP contribution >= 0.6 is 11.6 Å². The number of carbonyl (C=O) groups excluding carboxylic acids is 1. The van der Waals surface area contributed by atoms with Gasteiger partial charge in [0.1, 0.15) is 5.52 Å². The van der Waals surface area contributed by atoms with Crippen molar-refractivity contribution >= 4 is 28.3 Å². The molecule has 0 saturated heterocycles. The summed E-state index contributed by atoms with van der Waals surface area (Å²) in [4.78, 5) is 17.8. The topological polar surface area (TPSA) is 39.2 Å². The van der Waals surface area contributed by atoms with Gasteiger partial charge in [0.25, 0.3) is 0 Å². The smallest absolute Gasteiger partial charge is 0.403 e. The van der Waals surface area contributed by atoms with Crippen molar-refractivity contribution in [3.05, 3.63) is 94.6 Å². The predicted molar refractivity (Wildman–Crippen MR) is 113 cm³/mol. The van der Waals surface area contributed by atoms with Crippen LogP contribution in [0, 0.1) is 6.92 Å². The van der Waals surface area contributed by atoms with E-state index in [9.17, 15) is 18.0 Å². The van der Waals surface area contributed by atoms with E-state index in [1.54, 1.807) is 67.6 Å². The maximum absolute atomic E-state index is 13.4. The minimum Gasteiger partial charge on any atom is -0.403 e. The first-order valence-electron chi connectivity index (χ1n) is 9.29. The number of rotatable bonds is 4. The van der Waals surface area contributed by atoms with E-state index in [0.29, 0.717) is 32.7 Å². The van der Waals surface area contributed by atoms with Gasteiger partial charge >= 0.3 is 6.36 Å². The van der Waals surface area contributed by atoms with E-state index in [1.165, 1.54) is 12.1 Å². The lowest BCUT2D eigenvalue weighted by Gasteiger charge is -2.18. The summed E-state index contributed by atoms with van der Waals surface area (Å²) < 4.78 is 43.1. The van der Waals surface area contributed by atoms with E-state index in [-0.39, 0.29) is 17.0 Å². The molecule has 0 unspecified atom stereocenters. The Labute approximate surface area is 181 Å². The summed E-state index contributed by atoms with van der Waals surface area (Å²) in [5.74, 6) is -0.722. The van der Waals surface area contributed by atoms with Crippen LogP contribution in [0.3, 0.4) is 0 Å². The normalized spacial score (nSPS) is 11.5. The largest absolute Gasteiger partial charge is 0.573 e. The molecular formula is C24H15ClF3NO2. The van der Waals surface area contributed by atoms with E-state index >= 15 is 0 Å². The van der Waals surface area contributed by atoms with Gasteiger partial charge in [-0.15, -0.1) is 13.2 Å². The van der Waals surface area contributed by atoms with Gasteiger partial charge in [0.15, 0.2) is 11.5 Å². The number of hydrogen-bond acceptors (Lipinski definition) is 3. The molecule has 4 aromatic rings. The second-order valence-corrected chi connectivity index (χ2v) is 7.29. The quantitative estimate of drug-likeness (QED) is 0.320. The van der Waals surface area contributed by atoms with Gasteiger partial charge < -0.3 is 4.74 Å². The van der Waals surface area contributed by atoms with Crippen molar-refractivity contribution < 1.29 is 22.7 Å². The maximum Gasteiger partial charge on any atom is 0.573 e. The SMILES string of the molecule is Cc1nc2c(OC(F)(F)F)cccc2c(-c2cccc(Cl)c2)c1C(=O)c1ccccc1. The zero-order chi connectivity index (χ0) is 22.2. The summed E-state index contributed by atoms with van der Waals surface area (Å²) in [5, 5.41) is 0.787. The number of carbonyl (C=O) groups is 1. The summed E-state index contributed by atoms with van der Waals surface area (Å²) in [6, 6.07) is 19.7. The second kappa shape index (κ2) is 8.04. The average Bonchev–Trinajstić information content (AvgIpc) is 2.72. The third-order valence-electron chi connectivity index (χ3n) is 4.76. The molecule has 1 aromatic heterocycles. The lowest BCUT2D eigenvalue weighted by Crippen LogP contribution is -2.18. The van der Waals surface area contributed by atoms with Crippen LogP contribution in [0.15, 0.2) is 72.8 Å². The summed E-state index contributed by atoms with van der Waals surface area (Å²) in [6.07, 6.45) is -4.88. The highest BCUT2D eigenvalue weighted by molar-refractivity contribution is 6.31. The molecule has 0 amide bonds. The van der Waals surface area contributed by atoms with Crippen LogP contribution in [0.4, 0.5) is 13.2 Å². The van der Waals surface area contributed by atoms with Gasteiger partial charge in [-0.25, -0.2) is 4.98 Å². The molecule has 0 aliphatic carbocycles. The minimum atomic E-state index is -4.88. The Morgan fingerprint density at radius 3 is 2.35 bits per heavy atom. The first-order valence-corrected chi connectivity index (χ1v) is 9.67.